The predicted octanol–water partition coefficient (Wildman–Crippen LogP) is 1.00. The minimum absolute atomic E-state index is 0.0619. The molecular weight excluding hydrogens is 158 g/mol. The maximum absolute atomic E-state index is 10.6. The second-order valence-corrected chi connectivity index (χ2v) is 3.99. The lowest BCUT2D eigenvalue weighted by Crippen LogP contribution is -2.38. The average Bonchev–Trinajstić information content (AvgIpc) is 1.83. The number of aliphatic hydroxyl groups excluding tert-OH is 1. The molecule has 72 valence electrons. The zero-order chi connectivity index (χ0) is 9.78. The topological polar surface area (TPSA) is 60.8 Å². The van der Waals surface area contributed by atoms with E-state index in [0.29, 0.717) is 6.54 Å². The van der Waals surface area contributed by atoms with Crippen molar-refractivity contribution in [2.45, 2.75) is 20.8 Å². The van der Waals surface area contributed by atoms with Crippen molar-refractivity contribution in [1.82, 2.24) is 4.90 Å². The van der Waals surface area contributed by atoms with Crippen molar-refractivity contribution in [3.05, 3.63) is 0 Å². The first-order valence-corrected chi connectivity index (χ1v) is 3.95. The van der Waals surface area contributed by atoms with E-state index in [9.17, 15) is 4.79 Å². The summed E-state index contributed by atoms with van der Waals surface area (Å²) in [5.74, 6) is 0. The zero-order valence-corrected chi connectivity index (χ0v) is 7.87. The highest BCUT2D eigenvalue weighted by molar-refractivity contribution is 5.64. The molecule has 0 saturated heterocycles. The van der Waals surface area contributed by atoms with Crippen LogP contribution >= 0.6 is 0 Å². The first kappa shape index (κ1) is 11.2. The minimum Gasteiger partial charge on any atom is -0.465 e. The second-order valence-electron chi connectivity index (χ2n) is 3.99. The predicted molar refractivity (Wildman–Crippen MR) is 46.1 cm³/mol. The number of amides is 1. The van der Waals surface area contributed by atoms with Gasteiger partial charge in [-0.05, 0) is 5.41 Å². The monoisotopic (exact) mass is 175 g/mol. The molecule has 0 aliphatic heterocycles. The summed E-state index contributed by atoms with van der Waals surface area (Å²) >= 11 is 0. The van der Waals surface area contributed by atoms with Crippen molar-refractivity contribution < 1.29 is 15.0 Å². The van der Waals surface area contributed by atoms with Crippen LogP contribution in [0.2, 0.25) is 0 Å². The summed E-state index contributed by atoms with van der Waals surface area (Å²) in [6.07, 6.45) is -0.973. The van der Waals surface area contributed by atoms with Gasteiger partial charge in [0.25, 0.3) is 0 Å². The smallest absolute Gasteiger partial charge is 0.407 e. The van der Waals surface area contributed by atoms with Crippen LogP contribution in [0.4, 0.5) is 4.79 Å². The van der Waals surface area contributed by atoms with Gasteiger partial charge in [0.05, 0.1) is 6.61 Å². The maximum Gasteiger partial charge on any atom is 0.407 e. The summed E-state index contributed by atoms with van der Waals surface area (Å²) in [5.41, 5.74) is -0.0619. The Labute approximate surface area is 72.8 Å². The number of nitrogens with zero attached hydrogens (tertiary/aromatic N) is 1. The first-order valence-electron chi connectivity index (χ1n) is 3.95. The zero-order valence-electron chi connectivity index (χ0n) is 7.87. The van der Waals surface area contributed by atoms with Gasteiger partial charge in [-0.1, -0.05) is 20.8 Å². The molecule has 2 N–H and O–H groups in total. The van der Waals surface area contributed by atoms with E-state index < -0.39 is 6.09 Å². The molecule has 0 aromatic carbocycles. The quantitative estimate of drug-likeness (QED) is 0.672. The molecule has 0 fully saturated rings. The van der Waals surface area contributed by atoms with Gasteiger partial charge in [-0.15, -0.1) is 0 Å². The van der Waals surface area contributed by atoms with E-state index in [2.05, 4.69) is 0 Å². The molecule has 0 bridgehead atoms. The Morgan fingerprint density at radius 3 is 2.17 bits per heavy atom. The fraction of sp³-hybridized carbons (Fsp3) is 0.875. The van der Waals surface area contributed by atoms with Gasteiger partial charge in [0.15, 0.2) is 0 Å². The van der Waals surface area contributed by atoms with E-state index in [0.717, 1.165) is 0 Å². The number of rotatable bonds is 3. The van der Waals surface area contributed by atoms with Crippen LogP contribution in [0.5, 0.6) is 0 Å². The molecule has 0 unspecified atom stereocenters. The molecule has 0 atom stereocenters. The van der Waals surface area contributed by atoms with Crippen molar-refractivity contribution in [1.29, 1.82) is 0 Å². The van der Waals surface area contributed by atoms with E-state index in [4.69, 9.17) is 10.2 Å². The first-order chi connectivity index (χ1) is 5.37. The third kappa shape index (κ3) is 4.96. The van der Waals surface area contributed by atoms with Gasteiger partial charge in [-0.25, -0.2) is 4.79 Å². The van der Waals surface area contributed by atoms with E-state index >= 15 is 0 Å². The normalized spacial score (nSPS) is 11.3. The molecule has 0 aromatic heterocycles. The fourth-order valence-corrected chi connectivity index (χ4v) is 0.936. The third-order valence-corrected chi connectivity index (χ3v) is 1.31. The van der Waals surface area contributed by atoms with Crippen molar-refractivity contribution in [3.8, 4) is 0 Å². The molecular formula is C8H17NO3. The Morgan fingerprint density at radius 1 is 1.42 bits per heavy atom. The number of carboxylic acid groups (broad SMARTS) is 1. The van der Waals surface area contributed by atoms with Gasteiger partial charge in [0.1, 0.15) is 0 Å². The van der Waals surface area contributed by atoms with Crippen molar-refractivity contribution in [2.24, 2.45) is 5.41 Å². The third-order valence-electron chi connectivity index (χ3n) is 1.31. The molecule has 0 rings (SSSR count). The SMILES string of the molecule is CC(C)(C)CN(CCO)C(=O)O. The molecule has 0 heterocycles. The van der Waals surface area contributed by atoms with Gasteiger partial charge in [0.2, 0.25) is 0 Å². The van der Waals surface area contributed by atoms with E-state index in [1.54, 1.807) is 0 Å². The van der Waals surface area contributed by atoms with Crippen molar-refractivity contribution in [3.63, 3.8) is 0 Å². The molecule has 0 aliphatic carbocycles. The summed E-state index contributed by atoms with van der Waals surface area (Å²) in [4.78, 5) is 11.8. The molecule has 4 nitrogen and oxygen atoms in total. The van der Waals surface area contributed by atoms with Crippen LogP contribution in [0, 0.1) is 5.41 Å². The van der Waals surface area contributed by atoms with Crippen LogP contribution in [0.15, 0.2) is 0 Å². The summed E-state index contributed by atoms with van der Waals surface area (Å²) < 4.78 is 0. The van der Waals surface area contributed by atoms with Crippen LogP contribution < -0.4 is 0 Å². The van der Waals surface area contributed by atoms with Gasteiger partial charge in [-0.3, -0.25) is 0 Å². The average molecular weight is 175 g/mol. The summed E-state index contributed by atoms with van der Waals surface area (Å²) in [7, 11) is 0. The lowest BCUT2D eigenvalue weighted by molar-refractivity contribution is 0.113. The Bertz CT molecular complexity index is 151. The molecule has 0 aliphatic rings. The number of hydrogen-bond donors (Lipinski definition) is 2. The molecule has 0 spiro atoms. The number of aliphatic hydroxyl groups is 1. The lowest BCUT2D eigenvalue weighted by Gasteiger charge is -2.26. The number of hydrogen-bond acceptors (Lipinski definition) is 2. The second kappa shape index (κ2) is 4.30. The Morgan fingerprint density at radius 2 is 1.92 bits per heavy atom. The summed E-state index contributed by atoms with van der Waals surface area (Å²) in [6, 6.07) is 0. The summed E-state index contributed by atoms with van der Waals surface area (Å²) in [6.45, 7) is 6.39. The summed E-state index contributed by atoms with van der Waals surface area (Å²) in [5, 5.41) is 17.3. The molecule has 0 saturated carbocycles. The van der Waals surface area contributed by atoms with E-state index in [-0.39, 0.29) is 18.6 Å². The molecule has 12 heavy (non-hydrogen) atoms. The number of carbonyl (C=O) groups is 1. The molecule has 4 heteroatoms. The molecule has 1 amide bonds. The molecule has 0 radical (unpaired) electrons. The highest BCUT2D eigenvalue weighted by Crippen LogP contribution is 2.14. The molecule has 0 aromatic rings. The van der Waals surface area contributed by atoms with Gasteiger partial charge in [-0.2, -0.15) is 0 Å². The highest BCUT2D eigenvalue weighted by Gasteiger charge is 2.19. The Kier molecular flexibility index (Phi) is 4.03. The van der Waals surface area contributed by atoms with Gasteiger partial charge >= 0.3 is 6.09 Å². The van der Waals surface area contributed by atoms with Crippen LogP contribution in [0.3, 0.4) is 0 Å². The van der Waals surface area contributed by atoms with E-state index in [1.807, 2.05) is 20.8 Å². The Hall–Kier alpha value is -0.770. The van der Waals surface area contributed by atoms with Crippen LogP contribution in [-0.4, -0.2) is 40.9 Å². The minimum atomic E-state index is -0.973. The van der Waals surface area contributed by atoms with Crippen molar-refractivity contribution >= 4 is 6.09 Å². The van der Waals surface area contributed by atoms with Crippen LogP contribution in [-0.2, 0) is 0 Å². The lowest BCUT2D eigenvalue weighted by atomic mass is 9.96. The highest BCUT2D eigenvalue weighted by atomic mass is 16.4. The van der Waals surface area contributed by atoms with Gasteiger partial charge < -0.3 is 15.1 Å². The van der Waals surface area contributed by atoms with Crippen molar-refractivity contribution in [2.75, 3.05) is 19.7 Å². The van der Waals surface area contributed by atoms with Crippen LogP contribution in [0.25, 0.3) is 0 Å². The van der Waals surface area contributed by atoms with E-state index in [1.165, 1.54) is 4.90 Å². The maximum atomic E-state index is 10.6. The largest absolute Gasteiger partial charge is 0.465 e. The van der Waals surface area contributed by atoms with Crippen LogP contribution in [0.1, 0.15) is 20.8 Å². The Balaban J connectivity index is 4.05. The fourth-order valence-electron chi connectivity index (χ4n) is 0.936. The standard InChI is InChI=1S/C8H17NO3/c1-8(2,3)6-9(4-5-10)7(11)12/h10H,4-6H2,1-3H3,(H,11,12). The van der Waals surface area contributed by atoms with Gasteiger partial charge in [0, 0.05) is 13.1 Å².